The number of benzene rings is 3. The molecule has 6 nitrogen and oxygen atoms in total. The molecule has 0 aliphatic carbocycles. The number of hydrogen-bond acceptors (Lipinski definition) is 4. The SMILES string of the molecule is CC1(C)C(=O)N(c2ccc(F)c(C(F)(F)F)c2)C(=O)N1Cc1ccc(F)cc1Cc1ccc(N2CCC(O)CC2)cc1.Cl. The highest BCUT2D eigenvalue weighted by molar-refractivity contribution is 6.23. The average Bonchev–Trinajstić information content (AvgIpc) is 3.09. The number of aliphatic hydroxyl groups is 1. The number of alkyl halides is 3. The molecule has 2 fully saturated rings. The zero-order valence-corrected chi connectivity index (χ0v) is 24.3. The van der Waals surface area contributed by atoms with Crippen molar-refractivity contribution in [2.45, 2.75) is 57.5 Å². The van der Waals surface area contributed by atoms with E-state index in [2.05, 4.69) is 4.90 Å². The Morgan fingerprint density at radius 1 is 0.884 bits per heavy atom. The second-order valence-electron chi connectivity index (χ2n) is 11.2. The molecule has 1 N–H and O–H groups in total. The van der Waals surface area contributed by atoms with Crippen molar-refractivity contribution in [1.29, 1.82) is 0 Å². The van der Waals surface area contributed by atoms with Gasteiger partial charge in [0.05, 0.1) is 17.4 Å². The maximum atomic E-state index is 14.4. The predicted molar refractivity (Wildman–Crippen MR) is 154 cm³/mol. The van der Waals surface area contributed by atoms with Gasteiger partial charge in [0.2, 0.25) is 0 Å². The predicted octanol–water partition coefficient (Wildman–Crippen LogP) is 6.70. The van der Waals surface area contributed by atoms with E-state index >= 15 is 0 Å². The van der Waals surface area contributed by atoms with Crippen molar-refractivity contribution < 1.29 is 36.6 Å². The lowest BCUT2D eigenvalue weighted by atomic mass is 9.97. The number of piperidine rings is 1. The highest BCUT2D eigenvalue weighted by atomic mass is 35.5. The van der Waals surface area contributed by atoms with Gasteiger partial charge in [-0.2, -0.15) is 13.2 Å². The normalized spacial score (nSPS) is 17.4. The maximum absolute atomic E-state index is 14.4. The summed E-state index contributed by atoms with van der Waals surface area (Å²) in [5.41, 5.74) is -0.366. The van der Waals surface area contributed by atoms with Crippen LogP contribution >= 0.6 is 12.4 Å². The van der Waals surface area contributed by atoms with Crippen LogP contribution in [0.3, 0.4) is 0 Å². The summed E-state index contributed by atoms with van der Waals surface area (Å²) in [7, 11) is 0. The minimum atomic E-state index is -5.02. The minimum Gasteiger partial charge on any atom is -0.393 e. The molecule has 3 amide bonds. The minimum absolute atomic E-state index is 0. The second kappa shape index (κ2) is 12.1. The lowest BCUT2D eigenvalue weighted by Crippen LogP contribution is -2.43. The Kier molecular flexibility index (Phi) is 9.08. The van der Waals surface area contributed by atoms with E-state index in [0.29, 0.717) is 47.4 Å². The van der Waals surface area contributed by atoms with Gasteiger partial charge in [-0.05, 0) is 92.3 Å². The van der Waals surface area contributed by atoms with E-state index in [1.165, 1.54) is 36.9 Å². The van der Waals surface area contributed by atoms with Gasteiger partial charge < -0.3 is 14.9 Å². The molecule has 0 aromatic heterocycles. The molecule has 0 spiro atoms. The molecule has 2 aliphatic rings. The van der Waals surface area contributed by atoms with E-state index in [1.54, 1.807) is 0 Å². The average molecular weight is 624 g/mol. The first-order valence-corrected chi connectivity index (χ1v) is 13.6. The van der Waals surface area contributed by atoms with Gasteiger partial charge >= 0.3 is 12.2 Å². The van der Waals surface area contributed by atoms with E-state index in [-0.39, 0.29) is 25.1 Å². The Balaban J connectivity index is 0.00000423. The second-order valence-corrected chi connectivity index (χ2v) is 11.2. The molecule has 12 heteroatoms. The lowest BCUT2D eigenvalue weighted by Gasteiger charge is -2.31. The number of carbonyl (C=O) groups is 2. The van der Waals surface area contributed by atoms with Gasteiger partial charge in [-0.15, -0.1) is 12.4 Å². The first-order valence-electron chi connectivity index (χ1n) is 13.6. The molecule has 43 heavy (non-hydrogen) atoms. The number of halogens is 6. The fourth-order valence-electron chi connectivity index (χ4n) is 5.45. The molecule has 3 aromatic rings. The fraction of sp³-hybridized carbons (Fsp3) is 0.355. The number of carbonyl (C=O) groups excluding carboxylic acids is 2. The van der Waals surface area contributed by atoms with E-state index in [0.717, 1.165) is 30.4 Å². The number of aliphatic hydroxyl groups excluding tert-OH is 1. The van der Waals surface area contributed by atoms with Gasteiger partial charge in [0.25, 0.3) is 5.91 Å². The van der Waals surface area contributed by atoms with Crippen molar-refractivity contribution in [1.82, 2.24) is 4.90 Å². The van der Waals surface area contributed by atoms with Gasteiger partial charge in [0.1, 0.15) is 17.2 Å². The van der Waals surface area contributed by atoms with E-state index in [4.69, 9.17) is 0 Å². The quantitative estimate of drug-likeness (QED) is 0.245. The molecule has 3 aromatic carbocycles. The highest BCUT2D eigenvalue weighted by Gasteiger charge is 2.52. The van der Waals surface area contributed by atoms with Crippen LogP contribution in [0.25, 0.3) is 0 Å². The van der Waals surface area contributed by atoms with Gasteiger partial charge in [-0.3, -0.25) is 4.79 Å². The number of imide groups is 1. The van der Waals surface area contributed by atoms with Crippen LogP contribution in [0.15, 0.2) is 60.7 Å². The Morgan fingerprint density at radius 2 is 1.51 bits per heavy atom. The summed E-state index contributed by atoms with van der Waals surface area (Å²) in [6.07, 6.45) is -3.57. The third kappa shape index (κ3) is 6.47. The maximum Gasteiger partial charge on any atom is 0.419 e. The van der Waals surface area contributed by atoms with Crippen molar-refractivity contribution in [2.24, 2.45) is 0 Å². The Labute approximate surface area is 252 Å². The van der Waals surface area contributed by atoms with E-state index < -0.39 is 46.5 Å². The molecule has 0 bridgehead atoms. The summed E-state index contributed by atoms with van der Waals surface area (Å²) >= 11 is 0. The van der Waals surface area contributed by atoms with E-state index in [9.17, 15) is 36.6 Å². The smallest absolute Gasteiger partial charge is 0.393 e. The van der Waals surface area contributed by atoms with Crippen LogP contribution in [0, 0.1) is 11.6 Å². The number of hydrogen-bond donors (Lipinski definition) is 1. The van der Waals surface area contributed by atoms with Crippen molar-refractivity contribution in [2.75, 3.05) is 22.9 Å². The first kappa shape index (κ1) is 32.2. The summed E-state index contributed by atoms with van der Waals surface area (Å²) in [5.74, 6) is -2.76. The van der Waals surface area contributed by atoms with Crippen molar-refractivity contribution >= 4 is 35.7 Å². The molecular formula is C31H31ClF5N3O3. The molecule has 5 rings (SSSR count). The van der Waals surface area contributed by atoms with Crippen LogP contribution in [0.4, 0.5) is 38.1 Å². The van der Waals surface area contributed by atoms with Crippen LogP contribution in [-0.2, 0) is 23.9 Å². The monoisotopic (exact) mass is 623 g/mol. The molecule has 0 atom stereocenters. The molecule has 230 valence electrons. The van der Waals surface area contributed by atoms with Crippen LogP contribution < -0.4 is 9.80 Å². The number of urea groups is 1. The zero-order chi connectivity index (χ0) is 30.4. The number of rotatable bonds is 6. The molecule has 0 radical (unpaired) electrons. The van der Waals surface area contributed by atoms with Crippen LogP contribution in [0.1, 0.15) is 48.9 Å². The van der Waals surface area contributed by atoms with Gasteiger partial charge in [0, 0.05) is 25.3 Å². The van der Waals surface area contributed by atoms with Crippen molar-refractivity contribution in [3.63, 3.8) is 0 Å². The van der Waals surface area contributed by atoms with Crippen LogP contribution in [0.2, 0.25) is 0 Å². The van der Waals surface area contributed by atoms with Crippen molar-refractivity contribution in [3.05, 3.63) is 94.6 Å². The molecule has 2 heterocycles. The molecule has 2 aliphatic heterocycles. The summed E-state index contributed by atoms with van der Waals surface area (Å²) in [6, 6.07) is 13.0. The number of anilines is 2. The lowest BCUT2D eigenvalue weighted by molar-refractivity contribution is -0.140. The summed E-state index contributed by atoms with van der Waals surface area (Å²) in [6.45, 7) is 4.34. The topological polar surface area (TPSA) is 64.1 Å². The summed E-state index contributed by atoms with van der Waals surface area (Å²) < 4.78 is 68.2. The molecule has 0 unspecified atom stereocenters. The molecule has 2 saturated heterocycles. The van der Waals surface area contributed by atoms with Crippen LogP contribution in [-0.4, -0.2) is 46.7 Å². The Morgan fingerprint density at radius 3 is 2.14 bits per heavy atom. The number of nitrogens with zero attached hydrogens (tertiary/aromatic N) is 3. The largest absolute Gasteiger partial charge is 0.419 e. The van der Waals surface area contributed by atoms with Gasteiger partial charge in [-0.1, -0.05) is 18.2 Å². The van der Waals surface area contributed by atoms with E-state index in [1.807, 2.05) is 24.3 Å². The number of amides is 3. The van der Waals surface area contributed by atoms with Crippen molar-refractivity contribution in [3.8, 4) is 0 Å². The summed E-state index contributed by atoms with van der Waals surface area (Å²) in [5, 5.41) is 9.76. The third-order valence-electron chi connectivity index (χ3n) is 7.99. The van der Waals surface area contributed by atoms with Gasteiger partial charge in [-0.25, -0.2) is 18.5 Å². The standard InChI is InChI=1S/C31H30F5N3O3.ClH/c1-30(2)28(41)39(24-9-10-27(33)26(17-24)31(34,35)36)29(42)38(30)18-20-5-6-22(32)16-21(20)15-19-3-7-23(8-4-19)37-13-11-25(40)12-14-37;/h3-10,16-17,25,40H,11-15,18H2,1-2H3;1H. The summed E-state index contributed by atoms with van der Waals surface area (Å²) in [4.78, 5) is 30.8. The Bertz CT molecular complexity index is 1510. The third-order valence-corrected chi connectivity index (χ3v) is 7.99. The molecular weight excluding hydrogens is 593 g/mol. The zero-order valence-electron chi connectivity index (χ0n) is 23.5. The fourth-order valence-corrected chi connectivity index (χ4v) is 5.45. The Hall–Kier alpha value is -3.70. The van der Waals surface area contributed by atoms with Crippen LogP contribution in [0.5, 0.6) is 0 Å². The van der Waals surface area contributed by atoms with Gasteiger partial charge in [0.15, 0.2) is 0 Å². The first-order chi connectivity index (χ1) is 19.8. The highest BCUT2D eigenvalue weighted by Crippen LogP contribution is 2.38. The molecule has 0 saturated carbocycles.